The highest BCUT2D eigenvalue weighted by Crippen LogP contribution is 2.23. The molecule has 0 amide bonds. The number of carbonyl (C=O) groups excluding carboxylic acids is 1. The van der Waals surface area contributed by atoms with Crippen molar-refractivity contribution in [2.24, 2.45) is 0 Å². The highest BCUT2D eigenvalue weighted by molar-refractivity contribution is 5.98. The first-order chi connectivity index (χ1) is 14.2. The van der Waals surface area contributed by atoms with Crippen molar-refractivity contribution >= 4 is 22.9 Å². The number of ketones is 1. The van der Waals surface area contributed by atoms with Gasteiger partial charge in [0.15, 0.2) is 11.4 Å². The molecule has 4 rings (SSSR count). The second kappa shape index (κ2) is 9.09. The summed E-state index contributed by atoms with van der Waals surface area (Å²) in [6.07, 6.45) is 3.45. The number of nitrogens with zero attached hydrogens (tertiary/aromatic N) is 3. The SMILES string of the molecule is O=C(CCCCCN1CCN(c2nc3ccccc3o2)CC1)c1ccccc1O. The van der Waals surface area contributed by atoms with E-state index >= 15 is 0 Å². The number of unbranched alkanes of at least 4 members (excludes halogenated alkanes) is 2. The monoisotopic (exact) mass is 393 g/mol. The summed E-state index contributed by atoms with van der Waals surface area (Å²) in [5.41, 5.74) is 2.18. The number of aromatic hydroxyl groups is 1. The van der Waals surface area contributed by atoms with Gasteiger partial charge in [0.25, 0.3) is 6.01 Å². The Hall–Kier alpha value is -2.86. The summed E-state index contributed by atoms with van der Waals surface area (Å²) in [5.74, 6) is 0.101. The predicted octanol–water partition coefficient (Wildman–Crippen LogP) is 4.10. The van der Waals surface area contributed by atoms with Crippen molar-refractivity contribution in [3.05, 3.63) is 54.1 Å². The maximum Gasteiger partial charge on any atom is 0.298 e. The average Bonchev–Trinajstić information content (AvgIpc) is 3.18. The van der Waals surface area contributed by atoms with Crippen LogP contribution in [-0.2, 0) is 0 Å². The molecule has 1 aliphatic rings. The van der Waals surface area contributed by atoms with Crippen LogP contribution in [0.1, 0.15) is 36.0 Å². The first kappa shape index (κ1) is 19.5. The molecule has 3 aromatic rings. The lowest BCUT2D eigenvalue weighted by Gasteiger charge is -2.33. The lowest BCUT2D eigenvalue weighted by Crippen LogP contribution is -2.46. The van der Waals surface area contributed by atoms with Crippen molar-refractivity contribution in [2.45, 2.75) is 25.7 Å². The molecule has 1 N–H and O–H groups in total. The molecule has 0 atom stereocenters. The van der Waals surface area contributed by atoms with E-state index in [9.17, 15) is 9.90 Å². The Labute approximate surface area is 170 Å². The van der Waals surface area contributed by atoms with E-state index in [4.69, 9.17) is 4.42 Å². The number of aromatic nitrogens is 1. The van der Waals surface area contributed by atoms with Gasteiger partial charge in [-0.2, -0.15) is 4.98 Å². The van der Waals surface area contributed by atoms with Gasteiger partial charge in [-0.3, -0.25) is 9.69 Å². The van der Waals surface area contributed by atoms with Crippen molar-refractivity contribution in [1.82, 2.24) is 9.88 Å². The number of anilines is 1. The van der Waals surface area contributed by atoms with Crippen LogP contribution in [0.25, 0.3) is 11.1 Å². The quantitative estimate of drug-likeness (QED) is 0.459. The van der Waals surface area contributed by atoms with E-state index in [1.165, 1.54) is 0 Å². The number of Topliss-reactive ketones (excluding diaryl/α,β-unsaturated/α-hetero) is 1. The molecule has 0 unspecified atom stereocenters. The number of oxazole rings is 1. The highest BCUT2D eigenvalue weighted by atomic mass is 16.4. The normalized spacial score (nSPS) is 15.1. The molecule has 1 aromatic heterocycles. The first-order valence-corrected chi connectivity index (χ1v) is 10.3. The number of hydrogen-bond acceptors (Lipinski definition) is 6. The molecule has 1 saturated heterocycles. The van der Waals surface area contributed by atoms with Crippen LogP contribution in [0.4, 0.5) is 6.01 Å². The van der Waals surface area contributed by atoms with Crippen molar-refractivity contribution < 1.29 is 14.3 Å². The van der Waals surface area contributed by atoms with Crippen LogP contribution in [0, 0.1) is 0 Å². The molecule has 6 nitrogen and oxygen atoms in total. The number of phenols is 1. The van der Waals surface area contributed by atoms with Crippen LogP contribution < -0.4 is 4.90 Å². The van der Waals surface area contributed by atoms with Gasteiger partial charge in [-0.15, -0.1) is 0 Å². The predicted molar refractivity (Wildman–Crippen MR) is 114 cm³/mol. The summed E-state index contributed by atoms with van der Waals surface area (Å²) >= 11 is 0. The molecule has 0 saturated carbocycles. The zero-order valence-electron chi connectivity index (χ0n) is 16.6. The van der Waals surface area contributed by atoms with Gasteiger partial charge in [-0.1, -0.05) is 30.7 Å². The maximum absolute atomic E-state index is 12.2. The van der Waals surface area contributed by atoms with E-state index in [1.54, 1.807) is 24.3 Å². The van der Waals surface area contributed by atoms with E-state index < -0.39 is 0 Å². The molecule has 6 heteroatoms. The molecule has 2 aromatic carbocycles. The van der Waals surface area contributed by atoms with E-state index in [0.717, 1.165) is 63.1 Å². The molecule has 152 valence electrons. The summed E-state index contributed by atoms with van der Waals surface area (Å²) in [7, 11) is 0. The van der Waals surface area contributed by atoms with Gasteiger partial charge in [-0.05, 0) is 43.7 Å². The van der Waals surface area contributed by atoms with E-state index in [1.807, 2.05) is 24.3 Å². The smallest absolute Gasteiger partial charge is 0.298 e. The average molecular weight is 393 g/mol. The Morgan fingerprint density at radius 2 is 1.72 bits per heavy atom. The molecule has 1 fully saturated rings. The van der Waals surface area contributed by atoms with Gasteiger partial charge in [0.1, 0.15) is 11.3 Å². The fourth-order valence-corrected chi connectivity index (χ4v) is 3.80. The van der Waals surface area contributed by atoms with Crippen molar-refractivity contribution in [1.29, 1.82) is 0 Å². The highest BCUT2D eigenvalue weighted by Gasteiger charge is 2.20. The molecule has 0 aliphatic carbocycles. The Morgan fingerprint density at radius 3 is 2.52 bits per heavy atom. The number of piperazine rings is 1. The molecule has 1 aliphatic heterocycles. The molecule has 0 radical (unpaired) electrons. The summed E-state index contributed by atoms with van der Waals surface area (Å²) < 4.78 is 5.87. The van der Waals surface area contributed by atoms with Crippen molar-refractivity contribution in [2.75, 3.05) is 37.6 Å². The van der Waals surface area contributed by atoms with E-state index in [0.29, 0.717) is 18.0 Å². The van der Waals surface area contributed by atoms with Gasteiger partial charge in [0.2, 0.25) is 0 Å². The number of rotatable bonds is 8. The molecular weight excluding hydrogens is 366 g/mol. The third-order valence-electron chi connectivity index (χ3n) is 5.51. The van der Waals surface area contributed by atoms with Crippen LogP contribution in [0.5, 0.6) is 5.75 Å². The van der Waals surface area contributed by atoms with Gasteiger partial charge in [-0.25, -0.2) is 0 Å². The van der Waals surface area contributed by atoms with Gasteiger partial charge < -0.3 is 14.4 Å². The van der Waals surface area contributed by atoms with E-state index in [-0.39, 0.29) is 11.5 Å². The molecular formula is C23H27N3O3. The van der Waals surface area contributed by atoms with Crippen LogP contribution in [0.3, 0.4) is 0 Å². The fourth-order valence-electron chi connectivity index (χ4n) is 3.80. The zero-order chi connectivity index (χ0) is 20.1. The third kappa shape index (κ3) is 4.77. The van der Waals surface area contributed by atoms with Crippen molar-refractivity contribution in [3.8, 4) is 5.75 Å². The maximum atomic E-state index is 12.2. The second-order valence-electron chi connectivity index (χ2n) is 7.54. The van der Waals surface area contributed by atoms with Gasteiger partial charge in [0, 0.05) is 32.6 Å². The number of hydrogen-bond donors (Lipinski definition) is 1. The standard InChI is InChI=1S/C23H27N3O3/c27-20(18-8-3-5-11-21(18)28)10-2-1-7-13-25-14-16-26(17-15-25)23-24-19-9-4-6-12-22(19)29-23/h3-6,8-9,11-12,28H,1-2,7,10,13-17H2. The summed E-state index contributed by atoms with van der Waals surface area (Å²) in [6, 6.07) is 15.3. The minimum absolute atomic E-state index is 0.0232. The van der Waals surface area contributed by atoms with Crippen LogP contribution in [-0.4, -0.2) is 53.5 Å². The Balaban J connectivity index is 1.15. The lowest BCUT2D eigenvalue weighted by atomic mass is 10.0. The fraction of sp³-hybridized carbons (Fsp3) is 0.391. The third-order valence-corrected chi connectivity index (χ3v) is 5.51. The van der Waals surface area contributed by atoms with Crippen LogP contribution >= 0.6 is 0 Å². The molecule has 0 spiro atoms. The van der Waals surface area contributed by atoms with Crippen LogP contribution in [0.2, 0.25) is 0 Å². The number of fused-ring (bicyclic) bond motifs is 1. The minimum atomic E-state index is 0.0232. The molecule has 29 heavy (non-hydrogen) atoms. The second-order valence-corrected chi connectivity index (χ2v) is 7.54. The van der Waals surface area contributed by atoms with Crippen LogP contribution in [0.15, 0.2) is 52.9 Å². The summed E-state index contributed by atoms with van der Waals surface area (Å²) in [6.45, 7) is 4.87. The number of phenolic OH excluding ortho intramolecular Hbond substituents is 1. The minimum Gasteiger partial charge on any atom is -0.507 e. The van der Waals surface area contributed by atoms with E-state index in [2.05, 4.69) is 14.8 Å². The Morgan fingerprint density at radius 1 is 0.966 bits per heavy atom. The molecule has 2 heterocycles. The topological polar surface area (TPSA) is 69.8 Å². The summed E-state index contributed by atoms with van der Waals surface area (Å²) in [5, 5.41) is 9.76. The lowest BCUT2D eigenvalue weighted by molar-refractivity contribution is 0.0976. The Kier molecular flexibility index (Phi) is 6.10. The first-order valence-electron chi connectivity index (χ1n) is 10.3. The molecule has 0 bridgehead atoms. The zero-order valence-corrected chi connectivity index (χ0v) is 16.6. The largest absolute Gasteiger partial charge is 0.507 e. The number of para-hydroxylation sites is 3. The van der Waals surface area contributed by atoms with Gasteiger partial charge in [0.05, 0.1) is 5.56 Å². The summed E-state index contributed by atoms with van der Waals surface area (Å²) in [4.78, 5) is 21.4. The van der Waals surface area contributed by atoms with Crippen molar-refractivity contribution in [3.63, 3.8) is 0 Å². The Bertz CT molecular complexity index is 928. The van der Waals surface area contributed by atoms with Gasteiger partial charge >= 0.3 is 0 Å². The number of benzene rings is 2. The number of carbonyl (C=O) groups is 1.